The van der Waals surface area contributed by atoms with Crippen LogP contribution in [-0.4, -0.2) is 36.3 Å². The van der Waals surface area contributed by atoms with Crippen molar-refractivity contribution in [2.45, 2.75) is 19.8 Å². The number of anilines is 1. The van der Waals surface area contributed by atoms with Crippen molar-refractivity contribution in [3.05, 3.63) is 51.5 Å². The van der Waals surface area contributed by atoms with Crippen molar-refractivity contribution in [1.82, 2.24) is 4.90 Å². The van der Waals surface area contributed by atoms with E-state index in [2.05, 4.69) is 0 Å². The number of rotatable bonds is 3. The number of hydrogen-bond acceptors (Lipinski definition) is 2. The zero-order valence-electron chi connectivity index (χ0n) is 13.4. The molecule has 1 aromatic carbocycles. The predicted octanol–water partition coefficient (Wildman–Crippen LogP) is 3.58. The minimum atomic E-state index is -0.503. The Balaban J connectivity index is 1.76. The van der Waals surface area contributed by atoms with Gasteiger partial charge in [-0.25, -0.2) is 0 Å². The third-order valence-corrected chi connectivity index (χ3v) is 5.07. The monoisotopic (exact) mass is 364 g/mol. The van der Waals surface area contributed by atoms with Crippen LogP contribution in [0.15, 0.2) is 46.0 Å². The fraction of sp³-hybridized carbons (Fsp3) is 0.333. The fourth-order valence-corrected chi connectivity index (χ4v) is 3.42. The number of aryl methyl sites for hydroxylation is 1. The van der Waals surface area contributed by atoms with Crippen LogP contribution in [0.5, 0.6) is 0 Å². The molecule has 1 aliphatic heterocycles. The van der Waals surface area contributed by atoms with E-state index in [1.807, 2.05) is 31.2 Å². The van der Waals surface area contributed by atoms with Crippen LogP contribution >= 0.6 is 23.2 Å². The quantitative estimate of drug-likeness (QED) is 0.769. The molecule has 4 nitrogen and oxygen atoms in total. The van der Waals surface area contributed by atoms with Gasteiger partial charge in [0, 0.05) is 35.4 Å². The summed E-state index contributed by atoms with van der Waals surface area (Å²) in [4.78, 5) is 28.1. The second-order valence-corrected chi connectivity index (χ2v) is 6.93. The summed E-state index contributed by atoms with van der Waals surface area (Å²) in [6.07, 6.45) is 3.20. The molecule has 0 atom stereocenters. The topological polar surface area (TPSA) is 40.6 Å². The Bertz CT molecular complexity index is 755. The van der Waals surface area contributed by atoms with Gasteiger partial charge in [-0.1, -0.05) is 41.4 Å². The predicted molar refractivity (Wildman–Crippen MR) is 96.2 cm³/mol. The van der Waals surface area contributed by atoms with Crippen LogP contribution in [0.1, 0.15) is 18.4 Å². The highest BCUT2D eigenvalue weighted by molar-refractivity contribution is 6.41. The standard InChI is InChI=1S/C18H18Cl2N2O2/c1-12-4-2-3-5-16(12)22-9-8-21(17(23)18(22)24)11-13-10-14(19)6-7-15(13)20/h2-5,10H,6-9,11H2,1H3. The third kappa shape index (κ3) is 3.35. The maximum Gasteiger partial charge on any atom is 0.316 e. The summed E-state index contributed by atoms with van der Waals surface area (Å²) in [7, 11) is 0. The highest BCUT2D eigenvalue weighted by atomic mass is 35.5. The third-order valence-electron chi connectivity index (χ3n) is 4.34. The van der Waals surface area contributed by atoms with Crippen molar-refractivity contribution in [2.24, 2.45) is 0 Å². The first-order valence-electron chi connectivity index (χ1n) is 7.87. The lowest BCUT2D eigenvalue weighted by Gasteiger charge is -2.35. The fourth-order valence-electron chi connectivity index (χ4n) is 2.99. The van der Waals surface area contributed by atoms with Crippen LogP contribution in [0, 0.1) is 6.92 Å². The number of piperazine rings is 1. The van der Waals surface area contributed by atoms with Gasteiger partial charge in [0.05, 0.1) is 0 Å². The Hall–Kier alpha value is -1.78. The maximum absolute atomic E-state index is 12.5. The van der Waals surface area contributed by atoms with Gasteiger partial charge < -0.3 is 9.80 Å². The van der Waals surface area contributed by atoms with E-state index >= 15 is 0 Å². The van der Waals surface area contributed by atoms with Gasteiger partial charge in [-0.3, -0.25) is 9.59 Å². The molecule has 2 aliphatic rings. The normalized spacial score (nSPS) is 19.0. The first kappa shape index (κ1) is 17.1. The summed E-state index contributed by atoms with van der Waals surface area (Å²) >= 11 is 12.3. The molecule has 0 aromatic heterocycles. The summed E-state index contributed by atoms with van der Waals surface area (Å²) < 4.78 is 0. The van der Waals surface area contributed by atoms with Crippen LogP contribution in [-0.2, 0) is 9.59 Å². The van der Waals surface area contributed by atoms with E-state index in [1.54, 1.807) is 15.9 Å². The van der Waals surface area contributed by atoms with Crippen molar-refractivity contribution < 1.29 is 9.59 Å². The van der Waals surface area contributed by atoms with E-state index in [-0.39, 0.29) is 0 Å². The number of hydrogen-bond donors (Lipinski definition) is 0. The van der Waals surface area contributed by atoms with E-state index in [0.717, 1.165) is 28.3 Å². The zero-order valence-corrected chi connectivity index (χ0v) is 14.9. The second-order valence-electron chi connectivity index (χ2n) is 5.99. The van der Waals surface area contributed by atoms with Gasteiger partial charge in [0.2, 0.25) is 0 Å². The summed E-state index contributed by atoms with van der Waals surface area (Å²) in [5.41, 5.74) is 2.58. The molecule has 0 unspecified atom stereocenters. The molecule has 0 saturated carbocycles. The Labute approximate surface area is 151 Å². The smallest absolute Gasteiger partial charge is 0.316 e. The molecule has 1 aromatic rings. The van der Waals surface area contributed by atoms with Gasteiger partial charge in [0.15, 0.2) is 0 Å². The summed E-state index contributed by atoms with van der Waals surface area (Å²) in [6, 6.07) is 7.57. The van der Waals surface area contributed by atoms with Gasteiger partial charge in [0.1, 0.15) is 0 Å². The van der Waals surface area contributed by atoms with Crippen molar-refractivity contribution >= 4 is 40.7 Å². The number of para-hydroxylation sites is 1. The van der Waals surface area contributed by atoms with Crippen molar-refractivity contribution in [1.29, 1.82) is 0 Å². The Morgan fingerprint density at radius 1 is 1.04 bits per heavy atom. The molecule has 0 N–H and O–H groups in total. The number of nitrogens with zero attached hydrogens (tertiary/aromatic N) is 2. The van der Waals surface area contributed by atoms with Gasteiger partial charge in [-0.2, -0.15) is 0 Å². The molecule has 126 valence electrons. The number of carbonyl (C=O) groups excluding carboxylic acids is 2. The first-order chi connectivity index (χ1) is 11.5. The van der Waals surface area contributed by atoms with Crippen LogP contribution in [0.4, 0.5) is 5.69 Å². The number of carbonyl (C=O) groups is 2. The number of halogens is 2. The molecular weight excluding hydrogens is 347 g/mol. The molecule has 6 heteroatoms. The van der Waals surface area contributed by atoms with E-state index < -0.39 is 11.8 Å². The first-order valence-corrected chi connectivity index (χ1v) is 8.63. The Morgan fingerprint density at radius 3 is 2.54 bits per heavy atom. The van der Waals surface area contributed by atoms with Crippen molar-refractivity contribution in [3.8, 4) is 0 Å². The van der Waals surface area contributed by atoms with Gasteiger partial charge in [0.25, 0.3) is 0 Å². The maximum atomic E-state index is 12.5. The molecule has 24 heavy (non-hydrogen) atoms. The molecule has 1 aliphatic carbocycles. The van der Waals surface area contributed by atoms with Crippen molar-refractivity contribution in [3.63, 3.8) is 0 Å². The minimum Gasteiger partial charge on any atom is -0.328 e. The second kappa shape index (κ2) is 6.99. The lowest BCUT2D eigenvalue weighted by atomic mass is 10.1. The molecule has 3 rings (SSSR count). The van der Waals surface area contributed by atoms with Crippen LogP contribution < -0.4 is 4.90 Å². The highest BCUT2D eigenvalue weighted by Gasteiger charge is 2.34. The van der Waals surface area contributed by atoms with Gasteiger partial charge in [-0.05, 0) is 43.0 Å². The highest BCUT2D eigenvalue weighted by Crippen LogP contribution is 2.30. The summed E-state index contributed by atoms with van der Waals surface area (Å²) in [5, 5.41) is 1.44. The average molecular weight is 365 g/mol. The molecule has 1 saturated heterocycles. The molecular formula is C18H18Cl2N2O2. The molecule has 0 spiro atoms. The SMILES string of the molecule is Cc1ccccc1N1CCN(CC2=C(Cl)CCC(Cl)=C2)C(=O)C1=O. The average Bonchev–Trinajstić information content (AvgIpc) is 2.56. The van der Waals surface area contributed by atoms with Gasteiger partial charge in [-0.15, -0.1) is 0 Å². The largest absolute Gasteiger partial charge is 0.328 e. The van der Waals surface area contributed by atoms with Crippen LogP contribution in [0.3, 0.4) is 0 Å². The molecule has 1 heterocycles. The molecule has 2 amide bonds. The van der Waals surface area contributed by atoms with Gasteiger partial charge >= 0.3 is 11.8 Å². The number of amides is 2. The van der Waals surface area contributed by atoms with Crippen LogP contribution in [0.2, 0.25) is 0 Å². The molecule has 1 fully saturated rings. The van der Waals surface area contributed by atoms with Crippen molar-refractivity contribution in [2.75, 3.05) is 24.5 Å². The van der Waals surface area contributed by atoms with E-state index in [4.69, 9.17) is 23.2 Å². The Kier molecular flexibility index (Phi) is 4.97. The summed E-state index contributed by atoms with van der Waals surface area (Å²) in [6.45, 7) is 3.19. The van der Waals surface area contributed by atoms with E-state index in [9.17, 15) is 9.59 Å². The summed E-state index contributed by atoms with van der Waals surface area (Å²) in [5.74, 6) is -1.00. The number of benzene rings is 1. The van der Waals surface area contributed by atoms with E-state index in [0.29, 0.717) is 31.1 Å². The molecule has 0 bridgehead atoms. The Morgan fingerprint density at radius 2 is 1.79 bits per heavy atom. The zero-order chi connectivity index (χ0) is 17.3. The lowest BCUT2D eigenvalue weighted by Crippen LogP contribution is -2.55. The number of allylic oxidation sites excluding steroid dienone is 2. The molecule has 0 radical (unpaired) electrons. The lowest BCUT2D eigenvalue weighted by molar-refractivity contribution is -0.145. The minimum absolute atomic E-state index is 0.321. The van der Waals surface area contributed by atoms with E-state index in [1.165, 1.54) is 0 Å². The van der Waals surface area contributed by atoms with Crippen LogP contribution in [0.25, 0.3) is 0 Å².